The highest BCUT2D eigenvalue weighted by molar-refractivity contribution is 9.10. The maximum Gasteiger partial charge on any atom is 0.135 e. The van der Waals surface area contributed by atoms with Gasteiger partial charge in [0.05, 0.1) is 11.6 Å². The van der Waals surface area contributed by atoms with E-state index < -0.39 is 0 Å². The summed E-state index contributed by atoms with van der Waals surface area (Å²) in [5, 5.41) is 3.63. The van der Waals surface area contributed by atoms with Gasteiger partial charge in [-0.2, -0.15) is 0 Å². The molecule has 0 aliphatic heterocycles. The van der Waals surface area contributed by atoms with E-state index in [1.165, 1.54) is 19.3 Å². The Morgan fingerprint density at radius 3 is 2.76 bits per heavy atom. The topological polar surface area (TPSA) is 21.3 Å². The highest BCUT2D eigenvalue weighted by Crippen LogP contribution is 2.39. The standard InChI is InChI=1S/C14H20BrNO/c1-14(2)8-4-5-13(14)16-10-6-7-11(15)12(9-10)17-3/h6-7,9,13,16H,4-5,8H2,1-3H3. The van der Waals surface area contributed by atoms with Crippen molar-refractivity contribution in [1.82, 2.24) is 0 Å². The number of hydrogen-bond donors (Lipinski definition) is 1. The second-order valence-electron chi connectivity index (χ2n) is 5.43. The van der Waals surface area contributed by atoms with E-state index in [1.807, 2.05) is 6.07 Å². The van der Waals surface area contributed by atoms with Gasteiger partial charge in [0.15, 0.2) is 0 Å². The molecule has 0 aromatic heterocycles. The minimum Gasteiger partial charge on any atom is -0.495 e. The molecule has 1 N–H and O–H groups in total. The average molecular weight is 298 g/mol. The van der Waals surface area contributed by atoms with Crippen molar-refractivity contribution in [1.29, 1.82) is 0 Å². The fourth-order valence-electron chi connectivity index (χ4n) is 2.55. The number of benzene rings is 1. The number of ether oxygens (including phenoxy) is 1. The maximum atomic E-state index is 5.32. The Morgan fingerprint density at radius 2 is 2.18 bits per heavy atom. The molecule has 1 unspecified atom stereocenters. The van der Waals surface area contributed by atoms with Gasteiger partial charge in [-0.1, -0.05) is 20.3 Å². The highest BCUT2D eigenvalue weighted by Gasteiger charge is 2.34. The lowest BCUT2D eigenvalue weighted by Gasteiger charge is -2.28. The van der Waals surface area contributed by atoms with E-state index in [1.54, 1.807) is 7.11 Å². The minimum atomic E-state index is 0.389. The Hall–Kier alpha value is -0.700. The zero-order valence-electron chi connectivity index (χ0n) is 10.7. The van der Waals surface area contributed by atoms with Gasteiger partial charge in [0.2, 0.25) is 0 Å². The van der Waals surface area contributed by atoms with Gasteiger partial charge in [0.25, 0.3) is 0 Å². The van der Waals surface area contributed by atoms with Crippen molar-refractivity contribution in [2.75, 3.05) is 12.4 Å². The molecule has 2 rings (SSSR count). The number of halogens is 1. The van der Waals surface area contributed by atoms with E-state index in [0.717, 1.165) is 15.9 Å². The van der Waals surface area contributed by atoms with Crippen LogP contribution in [0.3, 0.4) is 0 Å². The van der Waals surface area contributed by atoms with E-state index in [2.05, 4.69) is 47.2 Å². The van der Waals surface area contributed by atoms with Gasteiger partial charge in [-0.15, -0.1) is 0 Å². The average Bonchev–Trinajstić information content (AvgIpc) is 2.61. The number of hydrogen-bond acceptors (Lipinski definition) is 2. The summed E-state index contributed by atoms with van der Waals surface area (Å²) < 4.78 is 6.31. The molecule has 1 aliphatic rings. The van der Waals surface area contributed by atoms with Gasteiger partial charge >= 0.3 is 0 Å². The molecule has 1 aromatic carbocycles. The van der Waals surface area contributed by atoms with Crippen LogP contribution in [0.25, 0.3) is 0 Å². The summed E-state index contributed by atoms with van der Waals surface area (Å²) in [7, 11) is 1.70. The van der Waals surface area contributed by atoms with Crippen LogP contribution < -0.4 is 10.1 Å². The van der Waals surface area contributed by atoms with Crippen molar-refractivity contribution in [2.24, 2.45) is 5.41 Å². The molecule has 0 heterocycles. The summed E-state index contributed by atoms with van der Waals surface area (Å²) in [4.78, 5) is 0. The van der Waals surface area contributed by atoms with Gasteiger partial charge in [-0.25, -0.2) is 0 Å². The van der Waals surface area contributed by atoms with E-state index in [9.17, 15) is 0 Å². The Bertz CT molecular complexity index is 403. The fraction of sp³-hybridized carbons (Fsp3) is 0.571. The lowest BCUT2D eigenvalue weighted by atomic mass is 9.87. The first-order valence-corrected chi connectivity index (χ1v) is 6.92. The lowest BCUT2D eigenvalue weighted by Crippen LogP contribution is -2.30. The van der Waals surface area contributed by atoms with Crippen molar-refractivity contribution in [3.05, 3.63) is 22.7 Å². The van der Waals surface area contributed by atoms with Gasteiger partial charge < -0.3 is 10.1 Å². The molecule has 0 amide bonds. The second-order valence-corrected chi connectivity index (χ2v) is 6.28. The number of anilines is 1. The van der Waals surface area contributed by atoms with Crippen LogP contribution in [-0.4, -0.2) is 13.2 Å². The summed E-state index contributed by atoms with van der Waals surface area (Å²) in [5.41, 5.74) is 1.53. The molecular formula is C14H20BrNO. The number of methoxy groups -OCH3 is 1. The van der Waals surface area contributed by atoms with E-state index in [-0.39, 0.29) is 0 Å². The van der Waals surface area contributed by atoms with Crippen LogP contribution in [0.2, 0.25) is 0 Å². The molecule has 1 atom stereocenters. The van der Waals surface area contributed by atoms with Crippen LogP contribution in [0.4, 0.5) is 5.69 Å². The molecule has 1 saturated carbocycles. The monoisotopic (exact) mass is 297 g/mol. The molecule has 0 spiro atoms. The largest absolute Gasteiger partial charge is 0.495 e. The van der Waals surface area contributed by atoms with Crippen LogP contribution in [0.15, 0.2) is 22.7 Å². The van der Waals surface area contributed by atoms with Gasteiger partial charge in [-0.05, 0) is 46.3 Å². The predicted molar refractivity (Wildman–Crippen MR) is 75.7 cm³/mol. The van der Waals surface area contributed by atoms with E-state index in [0.29, 0.717) is 11.5 Å². The zero-order valence-corrected chi connectivity index (χ0v) is 12.3. The highest BCUT2D eigenvalue weighted by atomic mass is 79.9. The first-order valence-electron chi connectivity index (χ1n) is 6.13. The fourth-order valence-corrected chi connectivity index (χ4v) is 2.95. The second kappa shape index (κ2) is 4.89. The van der Waals surface area contributed by atoms with Crippen LogP contribution >= 0.6 is 15.9 Å². The molecule has 94 valence electrons. The summed E-state index contributed by atoms with van der Waals surface area (Å²) in [6.45, 7) is 4.68. The molecule has 1 aromatic rings. The van der Waals surface area contributed by atoms with E-state index >= 15 is 0 Å². The van der Waals surface area contributed by atoms with Gasteiger partial charge in [-0.3, -0.25) is 0 Å². The summed E-state index contributed by atoms with van der Waals surface area (Å²) in [6.07, 6.45) is 3.88. The molecule has 3 heteroatoms. The van der Waals surface area contributed by atoms with Crippen molar-refractivity contribution in [3.63, 3.8) is 0 Å². The SMILES string of the molecule is COc1cc(NC2CCCC2(C)C)ccc1Br. The third-order valence-corrected chi connectivity index (χ3v) is 4.40. The van der Waals surface area contributed by atoms with Crippen LogP contribution in [0, 0.1) is 5.41 Å². The maximum absolute atomic E-state index is 5.32. The predicted octanol–water partition coefficient (Wildman–Crippen LogP) is 4.45. The third kappa shape index (κ3) is 2.76. The molecular weight excluding hydrogens is 278 g/mol. The Labute approximate surface area is 112 Å². The van der Waals surface area contributed by atoms with Crippen molar-refractivity contribution >= 4 is 21.6 Å². The first kappa shape index (κ1) is 12.7. The molecule has 1 fully saturated rings. The molecule has 0 radical (unpaired) electrons. The molecule has 1 aliphatic carbocycles. The quantitative estimate of drug-likeness (QED) is 0.890. The van der Waals surface area contributed by atoms with Crippen LogP contribution in [0.1, 0.15) is 33.1 Å². The van der Waals surface area contributed by atoms with Crippen LogP contribution in [-0.2, 0) is 0 Å². The molecule has 0 saturated heterocycles. The lowest BCUT2D eigenvalue weighted by molar-refractivity contribution is 0.350. The number of rotatable bonds is 3. The summed E-state index contributed by atoms with van der Waals surface area (Å²) in [6, 6.07) is 6.75. The summed E-state index contributed by atoms with van der Waals surface area (Å²) >= 11 is 3.47. The van der Waals surface area contributed by atoms with Gasteiger partial charge in [0.1, 0.15) is 5.75 Å². The van der Waals surface area contributed by atoms with Crippen molar-refractivity contribution < 1.29 is 4.74 Å². The molecule has 17 heavy (non-hydrogen) atoms. The third-order valence-electron chi connectivity index (χ3n) is 3.75. The zero-order chi connectivity index (χ0) is 12.5. The van der Waals surface area contributed by atoms with Crippen LogP contribution in [0.5, 0.6) is 5.75 Å². The minimum absolute atomic E-state index is 0.389. The number of nitrogens with one attached hydrogen (secondary N) is 1. The summed E-state index contributed by atoms with van der Waals surface area (Å²) in [5.74, 6) is 0.880. The Morgan fingerprint density at radius 1 is 1.41 bits per heavy atom. The Kier molecular flexibility index (Phi) is 3.67. The van der Waals surface area contributed by atoms with Crippen molar-refractivity contribution in [3.8, 4) is 5.75 Å². The molecule has 0 bridgehead atoms. The van der Waals surface area contributed by atoms with E-state index in [4.69, 9.17) is 4.74 Å². The smallest absolute Gasteiger partial charge is 0.135 e. The van der Waals surface area contributed by atoms with Gasteiger partial charge in [0, 0.05) is 17.8 Å². The van der Waals surface area contributed by atoms with Crippen molar-refractivity contribution in [2.45, 2.75) is 39.2 Å². The Balaban J connectivity index is 2.13. The first-order chi connectivity index (χ1) is 8.03. The molecule has 2 nitrogen and oxygen atoms in total. The normalized spacial score (nSPS) is 22.5.